The third kappa shape index (κ3) is 4.17. The van der Waals surface area contributed by atoms with Crippen LogP contribution >= 0.6 is 0 Å². The van der Waals surface area contributed by atoms with Crippen LogP contribution in [0.1, 0.15) is 39.5 Å². The second-order valence-electron chi connectivity index (χ2n) is 4.65. The van der Waals surface area contributed by atoms with Gasteiger partial charge >= 0.3 is 0 Å². The van der Waals surface area contributed by atoms with Crippen molar-refractivity contribution in [2.45, 2.75) is 39.5 Å². The molecule has 2 nitrogen and oxygen atoms in total. The summed E-state index contributed by atoms with van der Waals surface area (Å²) in [6, 6.07) is 2.04. The van der Waals surface area contributed by atoms with Gasteiger partial charge in [-0.25, -0.2) is 8.78 Å². The Morgan fingerprint density at radius 3 is 2.61 bits per heavy atom. The van der Waals surface area contributed by atoms with Crippen molar-refractivity contribution in [3.63, 3.8) is 0 Å². The van der Waals surface area contributed by atoms with Gasteiger partial charge in [0.15, 0.2) is 5.82 Å². The Morgan fingerprint density at radius 2 is 2.00 bits per heavy atom. The topological polar surface area (TPSA) is 38.0 Å². The molecule has 1 unspecified atom stereocenters. The molecule has 3 N–H and O–H groups in total. The highest BCUT2D eigenvalue weighted by Crippen LogP contribution is 2.24. The first kappa shape index (κ1) is 14.7. The molecule has 0 aliphatic carbocycles. The number of hydrogen-bond donors (Lipinski definition) is 2. The zero-order valence-electron chi connectivity index (χ0n) is 11.1. The van der Waals surface area contributed by atoms with Crippen molar-refractivity contribution in [2.24, 2.45) is 5.92 Å². The third-order valence-electron chi connectivity index (χ3n) is 3.22. The van der Waals surface area contributed by atoms with E-state index >= 15 is 0 Å². The van der Waals surface area contributed by atoms with Gasteiger partial charge in [-0.1, -0.05) is 33.1 Å². The van der Waals surface area contributed by atoms with Gasteiger partial charge in [-0.3, -0.25) is 0 Å². The van der Waals surface area contributed by atoms with Gasteiger partial charge in [0.1, 0.15) is 5.82 Å². The Kier molecular flexibility index (Phi) is 5.89. The summed E-state index contributed by atoms with van der Waals surface area (Å²) in [4.78, 5) is 0. The molecule has 1 aromatic carbocycles. The number of halogens is 2. The van der Waals surface area contributed by atoms with Crippen LogP contribution in [0.15, 0.2) is 12.1 Å². The fourth-order valence-electron chi connectivity index (χ4n) is 1.93. The molecular formula is C14H22F2N2. The fourth-order valence-corrected chi connectivity index (χ4v) is 1.93. The Bertz CT molecular complexity index is 380. The lowest BCUT2D eigenvalue weighted by Gasteiger charge is -2.17. The van der Waals surface area contributed by atoms with Gasteiger partial charge in [0.2, 0.25) is 0 Å². The first-order valence-electron chi connectivity index (χ1n) is 6.56. The number of nitrogen functional groups attached to an aromatic ring is 1. The van der Waals surface area contributed by atoms with Crippen LogP contribution in [0, 0.1) is 17.6 Å². The normalized spacial score (nSPS) is 12.4. The van der Waals surface area contributed by atoms with Crippen LogP contribution in [0.25, 0.3) is 0 Å². The number of nitrogens with two attached hydrogens (primary N) is 1. The van der Waals surface area contributed by atoms with Crippen molar-refractivity contribution in [3.8, 4) is 0 Å². The van der Waals surface area contributed by atoms with E-state index in [-0.39, 0.29) is 5.69 Å². The van der Waals surface area contributed by atoms with Crippen molar-refractivity contribution < 1.29 is 8.78 Å². The molecule has 1 atom stereocenters. The molecule has 1 aromatic rings. The summed E-state index contributed by atoms with van der Waals surface area (Å²) < 4.78 is 26.3. The predicted octanol–water partition coefficient (Wildman–Crippen LogP) is 4.18. The third-order valence-corrected chi connectivity index (χ3v) is 3.22. The standard InChI is InChI=1S/C14H22F2N2/c1-3-5-6-10(4-2)9-18-13-8-11(15)7-12(16)14(13)17/h7-8,10,18H,3-6,9,17H2,1-2H3. The van der Waals surface area contributed by atoms with Crippen molar-refractivity contribution in [1.82, 2.24) is 0 Å². The summed E-state index contributed by atoms with van der Waals surface area (Å²) in [6.07, 6.45) is 4.50. The van der Waals surface area contributed by atoms with Gasteiger partial charge in [-0.05, 0) is 18.4 Å². The number of unbranched alkanes of at least 4 members (excludes halogenated alkanes) is 1. The van der Waals surface area contributed by atoms with Crippen LogP contribution in [-0.4, -0.2) is 6.54 Å². The van der Waals surface area contributed by atoms with Crippen LogP contribution in [0.4, 0.5) is 20.2 Å². The zero-order valence-corrected chi connectivity index (χ0v) is 11.1. The van der Waals surface area contributed by atoms with E-state index in [1.54, 1.807) is 0 Å². The average molecular weight is 256 g/mol. The van der Waals surface area contributed by atoms with Crippen LogP contribution in [-0.2, 0) is 0 Å². The lowest BCUT2D eigenvalue weighted by Crippen LogP contribution is -2.15. The van der Waals surface area contributed by atoms with Crippen LogP contribution < -0.4 is 11.1 Å². The minimum Gasteiger partial charge on any atom is -0.395 e. The zero-order chi connectivity index (χ0) is 13.5. The molecule has 18 heavy (non-hydrogen) atoms. The minimum absolute atomic E-state index is 0.0123. The summed E-state index contributed by atoms with van der Waals surface area (Å²) in [5, 5.41) is 3.05. The summed E-state index contributed by atoms with van der Waals surface area (Å²) in [5.41, 5.74) is 5.91. The summed E-state index contributed by atoms with van der Waals surface area (Å²) in [6.45, 7) is 4.97. The quantitative estimate of drug-likeness (QED) is 0.718. The second-order valence-corrected chi connectivity index (χ2v) is 4.65. The Hall–Kier alpha value is -1.32. The van der Waals surface area contributed by atoms with E-state index in [0.29, 0.717) is 18.2 Å². The molecular weight excluding hydrogens is 234 g/mol. The first-order chi connectivity index (χ1) is 8.58. The van der Waals surface area contributed by atoms with Gasteiger partial charge in [-0.15, -0.1) is 0 Å². The highest BCUT2D eigenvalue weighted by molar-refractivity contribution is 5.66. The molecule has 0 heterocycles. The number of anilines is 2. The molecule has 0 amide bonds. The smallest absolute Gasteiger partial charge is 0.151 e. The van der Waals surface area contributed by atoms with Crippen molar-refractivity contribution in [3.05, 3.63) is 23.8 Å². The molecule has 0 saturated carbocycles. The van der Waals surface area contributed by atoms with E-state index in [0.717, 1.165) is 25.3 Å². The van der Waals surface area contributed by atoms with Crippen LogP contribution in [0.5, 0.6) is 0 Å². The van der Waals surface area contributed by atoms with Crippen molar-refractivity contribution >= 4 is 11.4 Å². The fraction of sp³-hybridized carbons (Fsp3) is 0.571. The van der Waals surface area contributed by atoms with Crippen LogP contribution in [0.3, 0.4) is 0 Å². The molecule has 0 saturated heterocycles. The van der Waals surface area contributed by atoms with E-state index in [1.165, 1.54) is 12.5 Å². The van der Waals surface area contributed by atoms with E-state index < -0.39 is 11.6 Å². The highest BCUT2D eigenvalue weighted by atomic mass is 19.1. The van der Waals surface area contributed by atoms with Gasteiger partial charge in [-0.2, -0.15) is 0 Å². The monoisotopic (exact) mass is 256 g/mol. The molecule has 0 aliphatic rings. The number of hydrogen-bond acceptors (Lipinski definition) is 2. The van der Waals surface area contributed by atoms with Gasteiger partial charge in [0.25, 0.3) is 0 Å². The average Bonchev–Trinajstić information content (AvgIpc) is 2.35. The summed E-state index contributed by atoms with van der Waals surface area (Å²) >= 11 is 0. The lowest BCUT2D eigenvalue weighted by molar-refractivity contribution is 0.472. The van der Waals surface area contributed by atoms with E-state index in [9.17, 15) is 8.78 Å². The van der Waals surface area contributed by atoms with E-state index in [4.69, 9.17) is 5.73 Å². The predicted molar refractivity (Wildman–Crippen MR) is 72.6 cm³/mol. The molecule has 102 valence electrons. The minimum atomic E-state index is -0.709. The molecule has 0 bridgehead atoms. The molecule has 0 aliphatic heterocycles. The number of nitrogens with one attached hydrogen (secondary N) is 1. The lowest BCUT2D eigenvalue weighted by atomic mass is 9.99. The van der Waals surface area contributed by atoms with Gasteiger partial charge in [0, 0.05) is 12.6 Å². The highest BCUT2D eigenvalue weighted by Gasteiger charge is 2.10. The molecule has 1 rings (SSSR count). The molecule has 0 spiro atoms. The largest absolute Gasteiger partial charge is 0.395 e. The van der Waals surface area contributed by atoms with Crippen LogP contribution in [0.2, 0.25) is 0 Å². The van der Waals surface area contributed by atoms with E-state index in [2.05, 4.69) is 19.2 Å². The molecule has 4 heteroatoms. The van der Waals surface area contributed by atoms with E-state index in [1.807, 2.05) is 0 Å². The Morgan fingerprint density at radius 1 is 1.28 bits per heavy atom. The molecule has 0 radical (unpaired) electrons. The number of rotatable bonds is 7. The Labute approximate surface area is 108 Å². The maximum atomic E-state index is 13.2. The SMILES string of the molecule is CCCCC(CC)CNc1cc(F)cc(F)c1N. The van der Waals surface area contributed by atoms with Crippen molar-refractivity contribution in [1.29, 1.82) is 0 Å². The Balaban J connectivity index is 2.61. The van der Waals surface area contributed by atoms with Gasteiger partial charge in [0.05, 0.1) is 11.4 Å². The molecule has 0 aromatic heterocycles. The first-order valence-corrected chi connectivity index (χ1v) is 6.56. The molecule has 0 fully saturated rings. The maximum Gasteiger partial charge on any atom is 0.151 e. The van der Waals surface area contributed by atoms with Gasteiger partial charge < -0.3 is 11.1 Å². The van der Waals surface area contributed by atoms with Crippen molar-refractivity contribution in [2.75, 3.05) is 17.6 Å². The summed E-state index contributed by atoms with van der Waals surface area (Å²) in [5.74, 6) is -0.805. The second kappa shape index (κ2) is 7.19. The number of benzene rings is 1. The maximum absolute atomic E-state index is 13.2. The summed E-state index contributed by atoms with van der Waals surface area (Å²) in [7, 11) is 0.